The minimum absolute atomic E-state index is 0.613. The highest BCUT2D eigenvalue weighted by Crippen LogP contribution is 2.30. The Morgan fingerprint density at radius 3 is 2.71 bits per heavy atom. The van der Waals surface area contributed by atoms with E-state index in [1.807, 2.05) is 55.5 Å². The van der Waals surface area contributed by atoms with Crippen molar-refractivity contribution in [3.8, 4) is 28.3 Å². The smallest absolute Gasteiger partial charge is 0.190 e. The fraction of sp³-hybridized carbons (Fsp3) is 0.0588. The molecule has 2 heterocycles. The van der Waals surface area contributed by atoms with Gasteiger partial charge >= 0.3 is 0 Å². The molecule has 0 amide bonds. The molecule has 118 valence electrons. The molecule has 1 N–H and O–H groups in total. The molecule has 0 saturated heterocycles. The molecule has 0 saturated carbocycles. The first-order valence-electron chi connectivity index (χ1n) is 7.37. The van der Waals surface area contributed by atoms with Gasteiger partial charge in [-0.15, -0.1) is 5.10 Å². The number of hydrogen-bond acceptors (Lipinski definition) is 4. The van der Waals surface area contributed by atoms with Crippen LogP contribution in [0.2, 0.25) is 5.02 Å². The lowest BCUT2D eigenvalue weighted by Gasteiger charge is -2.06. The zero-order valence-electron chi connectivity index (χ0n) is 12.8. The van der Waals surface area contributed by atoms with Crippen LogP contribution in [0.25, 0.3) is 28.3 Å². The summed E-state index contributed by atoms with van der Waals surface area (Å²) in [4.78, 5) is 0. The number of benzene rings is 2. The number of rotatable bonds is 3. The number of hydrogen-bond donors (Lipinski definition) is 1. The summed E-state index contributed by atoms with van der Waals surface area (Å²) < 4.78 is 1.69. The maximum atomic E-state index is 6.10. The molecule has 0 radical (unpaired) electrons. The predicted octanol–water partition coefficient (Wildman–Crippen LogP) is 3.68. The number of tetrazole rings is 1. The molecule has 2 aromatic heterocycles. The molecule has 24 heavy (non-hydrogen) atoms. The van der Waals surface area contributed by atoms with Crippen molar-refractivity contribution in [3.05, 3.63) is 65.3 Å². The third-order valence-corrected chi connectivity index (χ3v) is 3.98. The molecule has 0 spiro atoms. The number of aryl methyl sites for hydroxylation is 1. The first-order chi connectivity index (χ1) is 11.7. The first kappa shape index (κ1) is 14.6. The molecule has 7 heteroatoms. The summed E-state index contributed by atoms with van der Waals surface area (Å²) in [6, 6.07) is 15.6. The number of aromatic nitrogens is 6. The second kappa shape index (κ2) is 5.90. The molecule has 0 atom stereocenters. The summed E-state index contributed by atoms with van der Waals surface area (Å²) in [6.45, 7) is 2.04. The van der Waals surface area contributed by atoms with Crippen molar-refractivity contribution < 1.29 is 0 Å². The van der Waals surface area contributed by atoms with Gasteiger partial charge in [-0.1, -0.05) is 41.4 Å². The highest BCUT2D eigenvalue weighted by molar-refractivity contribution is 6.30. The van der Waals surface area contributed by atoms with E-state index in [9.17, 15) is 0 Å². The number of nitrogens with one attached hydrogen (secondary N) is 1. The minimum atomic E-state index is 0.613. The maximum Gasteiger partial charge on any atom is 0.190 e. The quantitative estimate of drug-likeness (QED) is 0.619. The largest absolute Gasteiger partial charge is 0.277 e. The van der Waals surface area contributed by atoms with Gasteiger partial charge in [0.15, 0.2) is 5.82 Å². The SMILES string of the molecule is Cc1ccc(-n2nnnc2-c2cn[nH]c2-c2cccc(Cl)c2)cc1. The van der Waals surface area contributed by atoms with Gasteiger partial charge in [0.05, 0.1) is 23.1 Å². The number of nitrogens with zero attached hydrogens (tertiary/aromatic N) is 5. The third kappa shape index (κ3) is 2.57. The van der Waals surface area contributed by atoms with Crippen LogP contribution in [0, 0.1) is 6.92 Å². The summed E-state index contributed by atoms with van der Waals surface area (Å²) in [5.74, 6) is 0.613. The van der Waals surface area contributed by atoms with Crippen LogP contribution in [0.1, 0.15) is 5.56 Å². The van der Waals surface area contributed by atoms with Gasteiger partial charge in [-0.3, -0.25) is 5.10 Å². The lowest BCUT2D eigenvalue weighted by atomic mass is 10.1. The average molecular weight is 337 g/mol. The fourth-order valence-electron chi connectivity index (χ4n) is 2.53. The van der Waals surface area contributed by atoms with Crippen LogP contribution >= 0.6 is 11.6 Å². The highest BCUT2D eigenvalue weighted by atomic mass is 35.5. The minimum Gasteiger partial charge on any atom is -0.277 e. The predicted molar refractivity (Wildman–Crippen MR) is 91.9 cm³/mol. The van der Waals surface area contributed by atoms with E-state index in [1.54, 1.807) is 10.9 Å². The van der Waals surface area contributed by atoms with Crippen molar-refractivity contribution in [1.29, 1.82) is 0 Å². The molecule has 0 aliphatic heterocycles. The van der Waals surface area contributed by atoms with Gasteiger partial charge in [-0.25, -0.2) is 0 Å². The van der Waals surface area contributed by atoms with Crippen LogP contribution in [0.4, 0.5) is 0 Å². The molecular weight excluding hydrogens is 324 g/mol. The van der Waals surface area contributed by atoms with Gasteiger partial charge in [0.2, 0.25) is 0 Å². The Kier molecular flexibility index (Phi) is 3.59. The van der Waals surface area contributed by atoms with Crippen LogP contribution in [0.5, 0.6) is 0 Å². The van der Waals surface area contributed by atoms with E-state index in [-0.39, 0.29) is 0 Å². The Morgan fingerprint density at radius 2 is 1.92 bits per heavy atom. The van der Waals surface area contributed by atoms with Gasteiger partial charge in [-0.05, 0) is 41.6 Å². The molecule has 4 aromatic rings. The van der Waals surface area contributed by atoms with E-state index in [0.29, 0.717) is 10.8 Å². The van der Waals surface area contributed by atoms with E-state index >= 15 is 0 Å². The van der Waals surface area contributed by atoms with Gasteiger partial charge in [0, 0.05) is 10.6 Å². The summed E-state index contributed by atoms with van der Waals surface area (Å²) in [7, 11) is 0. The van der Waals surface area contributed by atoms with Crippen molar-refractivity contribution in [3.63, 3.8) is 0 Å². The van der Waals surface area contributed by atoms with Crippen LogP contribution < -0.4 is 0 Å². The Labute approximate surface area is 143 Å². The number of aromatic amines is 1. The molecule has 6 nitrogen and oxygen atoms in total. The lowest BCUT2D eigenvalue weighted by Crippen LogP contribution is -2.00. The summed E-state index contributed by atoms with van der Waals surface area (Å²) in [5, 5.41) is 19.9. The topological polar surface area (TPSA) is 72.3 Å². The Bertz CT molecular complexity index is 986. The van der Waals surface area contributed by atoms with Crippen molar-refractivity contribution >= 4 is 11.6 Å². The zero-order chi connectivity index (χ0) is 16.5. The molecule has 0 unspecified atom stereocenters. The Morgan fingerprint density at radius 1 is 1.08 bits per heavy atom. The Hall–Kier alpha value is -2.99. The van der Waals surface area contributed by atoms with Crippen molar-refractivity contribution in [1.82, 2.24) is 30.4 Å². The van der Waals surface area contributed by atoms with Gasteiger partial charge < -0.3 is 0 Å². The zero-order valence-corrected chi connectivity index (χ0v) is 13.6. The molecule has 4 rings (SSSR count). The van der Waals surface area contributed by atoms with Crippen LogP contribution in [0.15, 0.2) is 54.7 Å². The van der Waals surface area contributed by atoms with Crippen molar-refractivity contribution in [2.24, 2.45) is 0 Å². The van der Waals surface area contributed by atoms with Gasteiger partial charge in [-0.2, -0.15) is 9.78 Å². The second-order valence-corrected chi connectivity index (χ2v) is 5.86. The molecule has 0 aliphatic carbocycles. The average Bonchev–Trinajstić information content (AvgIpc) is 3.24. The third-order valence-electron chi connectivity index (χ3n) is 3.74. The van der Waals surface area contributed by atoms with Crippen molar-refractivity contribution in [2.75, 3.05) is 0 Å². The van der Waals surface area contributed by atoms with Crippen LogP contribution in [-0.2, 0) is 0 Å². The van der Waals surface area contributed by atoms with Crippen LogP contribution in [0.3, 0.4) is 0 Å². The Balaban J connectivity index is 1.84. The molecule has 2 aromatic carbocycles. The maximum absolute atomic E-state index is 6.10. The van der Waals surface area contributed by atoms with E-state index < -0.39 is 0 Å². The summed E-state index contributed by atoms with van der Waals surface area (Å²) >= 11 is 6.10. The van der Waals surface area contributed by atoms with Crippen LogP contribution in [-0.4, -0.2) is 30.4 Å². The molecule has 0 aliphatic rings. The first-order valence-corrected chi connectivity index (χ1v) is 7.75. The summed E-state index contributed by atoms with van der Waals surface area (Å²) in [6.07, 6.45) is 1.71. The monoisotopic (exact) mass is 336 g/mol. The lowest BCUT2D eigenvalue weighted by molar-refractivity contribution is 0.791. The van der Waals surface area contributed by atoms with E-state index in [1.165, 1.54) is 5.56 Å². The molecule has 0 fully saturated rings. The van der Waals surface area contributed by atoms with E-state index in [4.69, 9.17) is 11.6 Å². The fourth-order valence-corrected chi connectivity index (χ4v) is 2.72. The normalized spacial score (nSPS) is 10.9. The summed E-state index contributed by atoms with van der Waals surface area (Å²) in [5.41, 5.74) is 4.62. The second-order valence-electron chi connectivity index (χ2n) is 5.42. The molecular formula is C17H13ClN6. The molecule has 0 bridgehead atoms. The van der Waals surface area contributed by atoms with Gasteiger partial charge in [0.1, 0.15) is 0 Å². The van der Waals surface area contributed by atoms with E-state index in [2.05, 4.69) is 25.7 Å². The van der Waals surface area contributed by atoms with Crippen molar-refractivity contribution in [2.45, 2.75) is 6.92 Å². The van der Waals surface area contributed by atoms with Gasteiger partial charge in [0.25, 0.3) is 0 Å². The van der Waals surface area contributed by atoms with E-state index in [0.717, 1.165) is 22.5 Å². The number of halogens is 1. The standard InChI is InChI=1S/C17H13ClN6/c1-11-5-7-14(8-6-11)24-17(21-22-23-24)15-10-19-20-16(15)12-3-2-4-13(18)9-12/h2-10H,1H3,(H,19,20). The number of H-pyrrole nitrogens is 1. The highest BCUT2D eigenvalue weighted by Gasteiger charge is 2.17.